The van der Waals surface area contributed by atoms with Crippen molar-refractivity contribution in [1.29, 1.82) is 0 Å². The van der Waals surface area contributed by atoms with Crippen LogP contribution in [0.3, 0.4) is 0 Å². The Morgan fingerprint density at radius 1 is 1.19 bits per heavy atom. The summed E-state index contributed by atoms with van der Waals surface area (Å²) < 4.78 is 0. The van der Waals surface area contributed by atoms with Gasteiger partial charge in [-0.15, -0.1) is 0 Å². The summed E-state index contributed by atoms with van der Waals surface area (Å²) in [5, 5.41) is 16.4. The van der Waals surface area contributed by atoms with Crippen molar-refractivity contribution in [3.05, 3.63) is 69.8 Å². The second kappa shape index (κ2) is 9.72. The molecule has 0 saturated carbocycles. The van der Waals surface area contributed by atoms with Crippen LogP contribution in [-0.2, 0) is 4.79 Å². The molecule has 2 aromatic rings. The van der Waals surface area contributed by atoms with Gasteiger partial charge in [0.25, 0.3) is 11.6 Å². The fourth-order valence-electron chi connectivity index (χ4n) is 2.46. The lowest BCUT2D eigenvalue weighted by molar-refractivity contribution is -0.384. The summed E-state index contributed by atoms with van der Waals surface area (Å²) in [6, 6.07) is 12.1. The van der Waals surface area contributed by atoms with Crippen LogP contribution in [0.2, 0.25) is 0 Å². The van der Waals surface area contributed by atoms with Crippen molar-refractivity contribution in [1.82, 2.24) is 5.32 Å². The molecular weight excluding hydrogens is 366 g/mol. The third-order valence-electron chi connectivity index (χ3n) is 3.84. The summed E-state index contributed by atoms with van der Waals surface area (Å²) in [5.74, 6) is -0.168. The van der Waals surface area contributed by atoms with Crippen LogP contribution >= 0.6 is 11.8 Å². The molecule has 0 saturated heterocycles. The van der Waals surface area contributed by atoms with Crippen LogP contribution < -0.4 is 10.6 Å². The van der Waals surface area contributed by atoms with Crippen LogP contribution in [0, 0.1) is 17.0 Å². The Bertz CT molecular complexity index is 841. The third-order valence-corrected chi connectivity index (χ3v) is 4.48. The van der Waals surface area contributed by atoms with Gasteiger partial charge in [-0.3, -0.25) is 19.7 Å². The molecule has 0 radical (unpaired) electrons. The van der Waals surface area contributed by atoms with Gasteiger partial charge in [-0.05, 0) is 49.1 Å². The lowest BCUT2D eigenvalue weighted by Crippen LogP contribution is -2.44. The second-order valence-corrected chi connectivity index (χ2v) is 6.96. The predicted octanol–water partition coefficient (Wildman–Crippen LogP) is 3.39. The van der Waals surface area contributed by atoms with E-state index in [4.69, 9.17) is 0 Å². The van der Waals surface area contributed by atoms with E-state index >= 15 is 0 Å². The van der Waals surface area contributed by atoms with Crippen molar-refractivity contribution >= 4 is 35.0 Å². The van der Waals surface area contributed by atoms with E-state index < -0.39 is 16.9 Å². The van der Waals surface area contributed by atoms with Crippen molar-refractivity contribution in [2.24, 2.45) is 0 Å². The number of amides is 2. The zero-order valence-electron chi connectivity index (χ0n) is 15.1. The lowest BCUT2D eigenvalue weighted by Gasteiger charge is -2.18. The molecule has 2 N–H and O–H groups in total. The Kier molecular flexibility index (Phi) is 7.36. The van der Waals surface area contributed by atoms with Crippen molar-refractivity contribution in [3.63, 3.8) is 0 Å². The number of aryl methyl sites for hydroxylation is 1. The Hall–Kier alpha value is -2.87. The topological polar surface area (TPSA) is 101 Å². The summed E-state index contributed by atoms with van der Waals surface area (Å²) in [7, 11) is 0. The van der Waals surface area contributed by atoms with Gasteiger partial charge in [-0.2, -0.15) is 11.8 Å². The van der Waals surface area contributed by atoms with E-state index in [1.54, 1.807) is 17.8 Å². The summed E-state index contributed by atoms with van der Waals surface area (Å²) in [6.45, 7) is 1.92. The van der Waals surface area contributed by atoms with Crippen LogP contribution in [0.4, 0.5) is 11.4 Å². The molecule has 0 fully saturated rings. The number of thioether (sulfide) groups is 1. The summed E-state index contributed by atoms with van der Waals surface area (Å²) >= 11 is 1.56. The monoisotopic (exact) mass is 387 g/mol. The van der Waals surface area contributed by atoms with Gasteiger partial charge >= 0.3 is 0 Å². The van der Waals surface area contributed by atoms with E-state index in [9.17, 15) is 19.7 Å². The molecule has 0 heterocycles. The molecule has 8 heteroatoms. The van der Waals surface area contributed by atoms with Gasteiger partial charge in [0, 0.05) is 23.4 Å². The molecule has 27 heavy (non-hydrogen) atoms. The average molecular weight is 387 g/mol. The Balaban J connectivity index is 2.13. The number of rotatable bonds is 8. The number of benzene rings is 2. The number of hydrogen-bond donors (Lipinski definition) is 2. The minimum Gasteiger partial charge on any atom is -0.340 e. The number of carbonyl (C=O) groups excluding carboxylic acids is 2. The highest BCUT2D eigenvalue weighted by atomic mass is 32.2. The largest absolute Gasteiger partial charge is 0.340 e. The average Bonchev–Trinajstić information content (AvgIpc) is 2.65. The number of nitro groups is 1. The highest BCUT2D eigenvalue weighted by Crippen LogP contribution is 2.15. The molecule has 0 aliphatic heterocycles. The maximum atomic E-state index is 12.6. The summed E-state index contributed by atoms with van der Waals surface area (Å²) in [4.78, 5) is 35.4. The number of anilines is 1. The first-order valence-corrected chi connectivity index (χ1v) is 9.72. The van der Waals surface area contributed by atoms with Crippen molar-refractivity contribution in [3.8, 4) is 0 Å². The molecule has 0 aliphatic carbocycles. The molecular formula is C19H21N3O4S. The summed E-state index contributed by atoms with van der Waals surface area (Å²) in [5.41, 5.74) is 1.63. The third kappa shape index (κ3) is 6.10. The standard InChI is InChI=1S/C19H21N3O4S/c1-13-5-3-7-15(11-13)20-19(24)17(9-10-27-2)21-18(23)14-6-4-8-16(12-14)22(25)26/h3-8,11-12,17H,9-10H2,1-2H3,(H,20,24)(H,21,23). The van der Waals surface area contributed by atoms with E-state index in [-0.39, 0.29) is 17.2 Å². The predicted molar refractivity (Wildman–Crippen MR) is 107 cm³/mol. The lowest BCUT2D eigenvalue weighted by atomic mass is 10.1. The van der Waals surface area contributed by atoms with E-state index in [1.165, 1.54) is 24.3 Å². The van der Waals surface area contributed by atoms with Gasteiger partial charge in [0.2, 0.25) is 5.91 Å². The normalized spacial score (nSPS) is 11.5. The Morgan fingerprint density at radius 2 is 1.93 bits per heavy atom. The number of nitrogens with zero attached hydrogens (tertiary/aromatic N) is 1. The number of nitro benzene ring substituents is 1. The molecule has 1 atom stereocenters. The molecule has 0 spiro atoms. The van der Waals surface area contributed by atoms with Crippen molar-refractivity contribution in [2.75, 3.05) is 17.3 Å². The Labute approximate surface area is 161 Å². The minimum absolute atomic E-state index is 0.140. The van der Waals surface area contributed by atoms with Gasteiger partial charge in [0.05, 0.1) is 4.92 Å². The maximum Gasteiger partial charge on any atom is 0.270 e. The van der Waals surface area contributed by atoms with Gasteiger partial charge in [0.15, 0.2) is 0 Å². The van der Waals surface area contributed by atoms with E-state index in [0.717, 1.165) is 5.56 Å². The fraction of sp³-hybridized carbons (Fsp3) is 0.263. The molecule has 2 aromatic carbocycles. The van der Waals surface area contributed by atoms with Crippen LogP contribution in [0.25, 0.3) is 0 Å². The van der Waals surface area contributed by atoms with E-state index in [2.05, 4.69) is 10.6 Å². The van der Waals surface area contributed by atoms with Crippen LogP contribution in [0.1, 0.15) is 22.3 Å². The molecule has 7 nitrogen and oxygen atoms in total. The van der Waals surface area contributed by atoms with Crippen LogP contribution in [-0.4, -0.2) is 34.8 Å². The van der Waals surface area contributed by atoms with Crippen molar-refractivity contribution < 1.29 is 14.5 Å². The number of carbonyl (C=O) groups is 2. The van der Waals surface area contributed by atoms with E-state index in [1.807, 2.05) is 31.4 Å². The number of hydrogen-bond acceptors (Lipinski definition) is 5. The molecule has 0 aromatic heterocycles. The molecule has 0 aliphatic rings. The van der Waals surface area contributed by atoms with Gasteiger partial charge in [-0.1, -0.05) is 18.2 Å². The molecule has 2 rings (SSSR count). The van der Waals surface area contributed by atoms with Crippen molar-refractivity contribution in [2.45, 2.75) is 19.4 Å². The maximum absolute atomic E-state index is 12.6. The summed E-state index contributed by atoms with van der Waals surface area (Å²) in [6.07, 6.45) is 2.36. The quantitative estimate of drug-likeness (QED) is 0.534. The van der Waals surface area contributed by atoms with Crippen LogP contribution in [0.5, 0.6) is 0 Å². The molecule has 2 amide bonds. The number of nitrogens with one attached hydrogen (secondary N) is 2. The van der Waals surface area contributed by atoms with Gasteiger partial charge in [0.1, 0.15) is 6.04 Å². The van der Waals surface area contributed by atoms with E-state index in [0.29, 0.717) is 17.9 Å². The fourth-order valence-corrected chi connectivity index (χ4v) is 2.93. The molecule has 1 unspecified atom stereocenters. The number of non-ortho nitro benzene ring substituents is 1. The van der Waals surface area contributed by atoms with Gasteiger partial charge in [-0.25, -0.2) is 0 Å². The highest BCUT2D eigenvalue weighted by molar-refractivity contribution is 7.98. The second-order valence-electron chi connectivity index (χ2n) is 5.97. The first-order valence-electron chi connectivity index (χ1n) is 8.32. The first kappa shape index (κ1) is 20.4. The smallest absolute Gasteiger partial charge is 0.270 e. The van der Waals surface area contributed by atoms with Gasteiger partial charge < -0.3 is 10.6 Å². The molecule has 0 bridgehead atoms. The zero-order chi connectivity index (χ0) is 19.8. The minimum atomic E-state index is -0.746. The SMILES string of the molecule is CSCCC(NC(=O)c1cccc([N+](=O)[O-])c1)C(=O)Nc1cccc(C)c1. The Morgan fingerprint density at radius 3 is 2.59 bits per heavy atom. The first-order chi connectivity index (χ1) is 12.9. The molecule has 142 valence electrons. The van der Waals surface area contributed by atoms with Crippen LogP contribution in [0.15, 0.2) is 48.5 Å². The highest BCUT2D eigenvalue weighted by Gasteiger charge is 2.22. The zero-order valence-corrected chi connectivity index (χ0v) is 15.9.